The highest BCUT2D eigenvalue weighted by Crippen LogP contribution is 2.35. The topological polar surface area (TPSA) is 46.6 Å². The van der Waals surface area contributed by atoms with Crippen LogP contribution >= 0.6 is 0 Å². The fourth-order valence-electron chi connectivity index (χ4n) is 5.58. The van der Waals surface area contributed by atoms with Crippen molar-refractivity contribution in [1.29, 1.82) is 0 Å². The van der Waals surface area contributed by atoms with Gasteiger partial charge < -0.3 is 14.1 Å². The van der Waals surface area contributed by atoms with E-state index in [4.69, 9.17) is 4.74 Å². The number of quaternary nitrogens is 1. The van der Waals surface area contributed by atoms with Gasteiger partial charge in [0, 0.05) is 31.5 Å². The molecular weight excluding hydrogens is 388 g/mol. The molecule has 2 fully saturated rings. The van der Waals surface area contributed by atoms with Crippen LogP contribution in [0.4, 0.5) is 5.69 Å². The van der Waals surface area contributed by atoms with E-state index in [0.717, 1.165) is 54.7 Å². The van der Waals surface area contributed by atoms with Gasteiger partial charge in [-0.1, -0.05) is 48.0 Å². The molecule has 4 rings (SSSR count). The lowest BCUT2D eigenvalue weighted by atomic mass is 10.0. The van der Waals surface area contributed by atoms with Gasteiger partial charge in [-0.05, 0) is 37.5 Å². The molecule has 2 aromatic carbocycles. The van der Waals surface area contributed by atoms with Crippen LogP contribution in [-0.4, -0.2) is 48.6 Å². The van der Waals surface area contributed by atoms with E-state index in [2.05, 4.69) is 32.9 Å². The number of ether oxygens (including phenoxy) is 1. The van der Waals surface area contributed by atoms with E-state index in [-0.39, 0.29) is 31.1 Å². The highest BCUT2D eigenvalue weighted by Gasteiger charge is 2.50. The third-order valence-corrected chi connectivity index (χ3v) is 6.89. The lowest BCUT2D eigenvalue weighted by Gasteiger charge is -2.37. The molecule has 5 heteroatoms. The number of aryl methyl sites for hydroxylation is 3. The molecule has 31 heavy (non-hydrogen) atoms. The molecule has 5 nitrogen and oxygen atoms in total. The molecule has 0 N–H and O–H groups in total. The fourth-order valence-corrected chi connectivity index (χ4v) is 5.58. The van der Waals surface area contributed by atoms with Crippen LogP contribution in [0.5, 0.6) is 0 Å². The second kappa shape index (κ2) is 8.83. The fraction of sp³-hybridized carbons (Fsp3) is 0.462. The standard InChI is InChI=1S/C26H33N2O3/c1-19-15-20(2)25(21(3)16-19)27-12-11-23(26(27)30)28(13-7-8-14-28)17-24(29)31-18-22-9-5-4-6-10-22/h4-6,9-10,15-16,23H,7-8,11-14,17-18H2,1-3H3/q+1. The van der Waals surface area contributed by atoms with E-state index >= 15 is 0 Å². The molecule has 0 saturated carbocycles. The van der Waals surface area contributed by atoms with Gasteiger partial charge in [0.2, 0.25) is 0 Å². The Labute approximate surface area is 185 Å². The van der Waals surface area contributed by atoms with Crippen LogP contribution in [0.1, 0.15) is 41.5 Å². The van der Waals surface area contributed by atoms with Gasteiger partial charge in [-0.3, -0.25) is 4.79 Å². The van der Waals surface area contributed by atoms with E-state index in [1.807, 2.05) is 35.2 Å². The Morgan fingerprint density at radius 3 is 2.35 bits per heavy atom. The number of hydrogen-bond acceptors (Lipinski definition) is 3. The van der Waals surface area contributed by atoms with Crippen molar-refractivity contribution in [2.45, 2.75) is 52.7 Å². The SMILES string of the molecule is Cc1cc(C)c(N2CCC([N+]3(CC(=O)OCc4ccccc4)CCCC3)C2=O)c(C)c1. The third kappa shape index (κ3) is 4.38. The second-order valence-electron chi connectivity index (χ2n) is 9.22. The smallest absolute Gasteiger partial charge is 0.362 e. The molecule has 2 aromatic rings. The van der Waals surface area contributed by atoms with E-state index in [1.54, 1.807) is 0 Å². The third-order valence-electron chi connectivity index (χ3n) is 6.89. The predicted octanol–water partition coefficient (Wildman–Crippen LogP) is 4.07. The molecule has 1 unspecified atom stereocenters. The zero-order valence-corrected chi connectivity index (χ0v) is 18.9. The highest BCUT2D eigenvalue weighted by molar-refractivity contribution is 6.00. The van der Waals surface area contributed by atoms with Crippen molar-refractivity contribution >= 4 is 17.6 Å². The normalized spacial score (nSPS) is 20.3. The zero-order valence-electron chi connectivity index (χ0n) is 18.9. The summed E-state index contributed by atoms with van der Waals surface area (Å²) < 4.78 is 6.14. The molecule has 2 heterocycles. The van der Waals surface area contributed by atoms with E-state index in [9.17, 15) is 9.59 Å². The Morgan fingerprint density at radius 2 is 1.71 bits per heavy atom. The molecule has 0 aliphatic carbocycles. The van der Waals surface area contributed by atoms with Crippen molar-refractivity contribution in [1.82, 2.24) is 0 Å². The summed E-state index contributed by atoms with van der Waals surface area (Å²) in [7, 11) is 0. The van der Waals surface area contributed by atoms with E-state index in [1.165, 1.54) is 5.56 Å². The number of amides is 1. The molecular formula is C26H33N2O3+. The summed E-state index contributed by atoms with van der Waals surface area (Å²) in [5.41, 5.74) is 5.52. The van der Waals surface area contributed by atoms with Gasteiger partial charge in [0.05, 0.1) is 13.1 Å². The van der Waals surface area contributed by atoms with Gasteiger partial charge in [0.1, 0.15) is 6.61 Å². The molecule has 2 saturated heterocycles. The molecule has 1 amide bonds. The first kappa shape index (κ1) is 21.6. The Balaban J connectivity index is 1.49. The average Bonchev–Trinajstić information content (AvgIpc) is 3.34. The van der Waals surface area contributed by atoms with Crippen molar-refractivity contribution in [3.05, 3.63) is 64.7 Å². The van der Waals surface area contributed by atoms with Crippen LogP contribution in [0.25, 0.3) is 0 Å². The number of likely N-dealkylation sites (tertiary alicyclic amines) is 1. The van der Waals surface area contributed by atoms with Gasteiger partial charge >= 0.3 is 5.97 Å². The minimum Gasteiger partial charge on any atom is -0.457 e. The van der Waals surface area contributed by atoms with Gasteiger partial charge in [-0.2, -0.15) is 0 Å². The molecule has 0 aromatic heterocycles. The maximum atomic E-state index is 13.6. The van der Waals surface area contributed by atoms with Gasteiger partial charge in [0.15, 0.2) is 12.6 Å². The van der Waals surface area contributed by atoms with Crippen molar-refractivity contribution in [3.63, 3.8) is 0 Å². The molecule has 1 atom stereocenters. The maximum Gasteiger partial charge on any atom is 0.362 e. The second-order valence-corrected chi connectivity index (χ2v) is 9.22. The average molecular weight is 422 g/mol. The molecule has 0 spiro atoms. The summed E-state index contributed by atoms with van der Waals surface area (Å²) in [5, 5.41) is 0. The van der Waals surface area contributed by atoms with E-state index in [0.29, 0.717) is 11.0 Å². The van der Waals surface area contributed by atoms with Crippen LogP contribution in [0.3, 0.4) is 0 Å². The Kier molecular flexibility index (Phi) is 6.15. The minimum atomic E-state index is -0.209. The van der Waals surface area contributed by atoms with Crippen LogP contribution in [0.2, 0.25) is 0 Å². The van der Waals surface area contributed by atoms with Crippen LogP contribution in [0, 0.1) is 20.8 Å². The Morgan fingerprint density at radius 1 is 1.06 bits per heavy atom. The van der Waals surface area contributed by atoms with Crippen molar-refractivity contribution in [2.24, 2.45) is 0 Å². The largest absolute Gasteiger partial charge is 0.457 e. The summed E-state index contributed by atoms with van der Waals surface area (Å²) in [4.78, 5) is 28.3. The van der Waals surface area contributed by atoms with E-state index < -0.39 is 0 Å². The number of carbonyl (C=O) groups is 2. The Bertz CT molecular complexity index is 941. The van der Waals surface area contributed by atoms with Crippen LogP contribution in [0.15, 0.2) is 42.5 Å². The number of nitrogens with zero attached hydrogens (tertiary/aromatic N) is 2. The summed E-state index contributed by atoms with van der Waals surface area (Å²) >= 11 is 0. The summed E-state index contributed by atoms with van der Waals surface area (Å²) in [5.74, 6) is -0.0486. The molecule has 2 aliphatic rings. The summed E-state index contributed by atoms with van der Waals surface area (Å²) in [6, 6.07) is 13.9. The maximum absolute atomic E-state index is 13.6. The summed E-state index contributed by atoms with van der Waals surface area (Å²) in [6.45, 7) is 9.27. The number of hydrogen-bond donors (Lipinski definition) is 0. The minimum absolute atomic E-state index is 0.160. The van der Waals surface area contributed by atoms with Gasteiger partial charge in [-0.25, -0.2) is 4.79 Å². The molecule has 2 aliphatic heterocycles. The first-order valence-electron chi connectivity index (χ1n) is 11.3. The monoisotopic (exact) mass is 421 g/mol. The highest BCUT2D eigenvalue weighted by atomic mass is 16.5. The van der Waals surface area contributed by atoms with Gasteiger partial charge in [0.25, 0.3) is 5.91 Å². The van der Waals surface area contributed by atoms with Crippen molar-refractivity contribution < 1.29 is 18.8 Å². The number of anilines is 1. The number of esters is 1. The van der Waals surface area contributed by atoms with Crippen molar-refractivity contribution in [3.8, 4) is 0 Å². The summed E-state index contributed by atoms with van der Waals surface area (Å²) in [6.07, 6.45) is 2.90. The molecule has 0 bridgehead atoms. The number of carbonyl (C=O) groups excluding carboxylic acids is 2. The van der Waals surface area contributed by atoms with Crippen LogP contribution in [-0.2, 0) is 20.9 Å². The lowest BCUT2D eigenvalue weighted by molar-refractivity contribution is -0.924. The first-order chi connectivity index (χ1) is 14.9. The van der Waals surface area contributed by atoms with Crippen molar-refractivity contribution in [2.75, 3.05) is 31.1 Å². The van der Waals surface area contributed by atoms with Crippen LogP contribution < -0.4 is 4.90 Å². The molecule has 0 radical (unpaired) electrons. The predicted molar refractivity (Wildman–Crippen MR) is 122 cm³/mol. The molecule has 164 valence electrons. The number of benzene rings is 2. The quantitative estimate of drug-likeness (QED) is 0.522. The van der Waals surface area contributed by atoms with Gasteiger partial charge in [-0.15, -0.1) is 0 Å². The number of rotatable bonds is 6. The lowest BCUT2D eigenvalue weighted by Crippen LogP contribution is -2.59. The Hall–Kier alpha value is -2.66. The zero-order chi connectivity index (χ0) is 22.0. The first-order valence-corrected chi connectivity index (χ1v) is 11.3.